The van der Waals surface area contributed by atoms with E-state index < -0.39 is 0 Å². The van der Waals surface area contributed by atoms with Crippen LogP contribution in [-0.2, 0) is 17.1 Å². The summed E-state index contributed by atoms with van der Waals surface area (Å²) in [6.07, 6.45) is 0. The molecule has 0 aliphatic rings. The third-order valence-corrected chi connectivity index (χ3v) is 0. The molecular formula is C3H9MnP. The minimum Gasteiger partial charge on any atom is -0.116 e. The van der Waals surface area contributed by atoms with Gasteiger partial charge < -0.3 is 0 Å². The van der Waals surface area contributed by atoms with Crippen molar-refractivity contribution in [1.82, 2.24) is 0 Å². The zero-order valence-corrected chi connectivity index (χ0v) is 5.90. The Hall–Kier alpha value is 0.949. The van der Waals surface area contributed by atoms with Crippen LogP contribution < -0.4 is 0 Å². The molecule has 0 rings (SSSR count). The van der Waals surface area contributed by atoms with Gasteiger partial charge in [0.15, 0.2) is 0 Å². The Balaban J connectivity index is 0. The van der Waals surface area contributed by atoms with Crippen molar-refractivity contribution in [2.24, 2.45) is 0 Å². The van der Waals surface area contributed by atoms with E-state index >= 15 is 0 Å². The summed E-state index contributed by atoms with van der Waals surface area (Å²) in [5.41, 5.74) is 0. The molecule has 0 bridgehead atoms. The molecule has 0 unspecified atom stereocenters. The van der Waals surface area contributed by atoms with Gasteiger partial charge >= 0.3 is 0 Å². The molecule has 0 saturated carbocycles. The van der Waals surface area contributed by atoms with E-state index in [1.165, 1.54) is 0 Å². The number of hydrogen-bond donors (Lipinski definition) is 0. The molecule has 0 nitrogen and oxygen atoms in total. The SMILES string of the molecule is CP(C)C.[Mn]. The Labute approximate surface area is 45.6 Å². The van der Waals surface area contributed by atoms with Crippen molar-refractivity contribution in [3.8, 4) is 0 Å². The molecule has 0 heterocycles. The predicted molar refractivity (Wildman–Crippen MR) is 24.7 cm³/mol. The standard InChI is InChI=1S/C3H9P.Mn/c1-4(2)3;/h1-3H3;. The maximum atomic E-state index is 2.23. The largest absolute Gasteiger partial charge is 0.116 e. The summed E-state index contributed by atoms with van der Waals surface area (Å²) in [5.74, 6) is 0. The van der Waals surface area contributed by atoms with Crippen LogP contribution in [0.15, 0.2) is 0 Å². The maximum Gasteiger partial charge on any atom is 0 e. The topological polar surface area (TPSA) is 0 Å². The van der Waals surface area contributed by atoms with Crippen molar-refractivity contribution in [3.63, 3.8) is 0 Å². The molecule has 0 spiro atoms. The molecule has 0 aromatic heterocycles. The number of rotatable bonds is 0. The summed E-state index contributed by atoms with van der Waals surface area (Å²) in [6.45, 7) is 6.69. The zero-order valence-electron chi connectivity index (χ0n) is 3.83. The van der Waals surface area contributed by atoms with Crippen LogP contribution >= 0.6 is 7.92 Å². The molecular weight excluding hydrogens is 122 g/mol. The molecule has 2 heteroatoms. The Bertz CT molecular complexity index is 11.6. The first-order valence-electron chi connectivity index (χ1n) is 1.34. The van der Waals surface area contributed by atoms with E-state index in [9.17, 15) is 0 Å². The van der Waals surface area contributed by atoms with Gasteiger partial charge in [-0.15, -0.1) is 7.92 Å². The Kier molecular flexibility index (Phi) is 9.25. The van der Waals surface area contributed by atoms with E-state index in [1.807, 2.05) is 0 Å². The maximum absolute atomic E-state index is 2.23. The van der Waals surface area contributed by atoms with Crippen LogP contribution in [0.25, 0.3) is 0 Å². The van der Waals surface area contributed by atoms with Crippen LogP contribution in [0, 0.1) is 0 Å². The van der Waals surface area contributed by atoms with E-state index in [4.69, 9.17) is 0 Å². The molecule has 0 aromatic rings. The van der Waals surface area contributed by atoms with Crippen molar-refractivity contribution in [2.75, 3.05) is 20.0 Å². The summed E-state index contributed by atoms with van der Waals surface area (Å²) >= 11 is 0. The smallest absolute Gasteiger partial charge is 0 e. The van der Waals surface area contributed by atoms with Crippen LogP contribution in [0.1, 0.15) is 0 Å². The van der Waals surface area contributed by atoms with E-state index in [0.717, 1.165) is 0 Å². The second-order valence-electron chi connectivity index (χ2n) is 1.34. The van der Waals surface area contributed by atoms with Gasteiger partial charge in [0.05, 0.1) is 0 Å². The molecule has 0 saturated heterocycles. The van der Waals surface area contributed by atoms with Gasteiger partial charge in [0, 0.05) is 17.1 Å². The minimum atomic E-state index is 0. The molecule has 0 aliphatic heterocycles. The van der Waals surface area contributed by atoms with Gasteiger partial charge in [-0.2, -0.15) is 0 Å². The van der Waals surface area contributed by atoms with Gasteiger partial charge in [-0.3, -0.25) is 0 Å². The Morgan fingerprint density at radius 2 is 1.00 bits per heavy atom. The van der Waals surface area contributed by atoms with Crippen molar-refractivity contribution in [2.45, 2.75) is 0 Å². The average Bonchev–Trinajstić information content (AvgIpc) is 0.811. The van der Waals surface area contributed by atoms with Gasteiger partial charge in [-0.1, -0.05) is 0 Å². The van der Waals surface area contributed by atoms with Crippen molar-refractivity contribution in [3.05, 3.63) is 0 Å². The van der Waals surface area contributed by atoms with Crippen molar-refractivity contribution in [1.29, 1.82) is 0 Å². The summed E-state index contributed by atoms with van der Waals surface area (Å²) in [4.78, 5) is 0. The quantitative estimate of drug-likeness (QED) is 0.344. The van der Waals surface area contributed by atoms with Crippen LogP contribution in [0.4, 0.5) is 0 Å². The fraction of sp³-hybridized carbons (Fsp3) is 1.00. The zero-order chi connectivity index (χ0) is 3.58. The summed E-state index contributed by atoms with van der Waals surface area (Å²) < 4.78 is 0. The van der Waals surface area contributed by atoms with E-state index in [-0.39, 0.29) is 17.1 Å². The second-order valence-corrected chi connectivity index (χ2v) is 4.02. The predicted octanol–water partition coefficient (Wildman–Crippen LogP) is 1.36. The molecule has 33 valence electrons. The molecule has 0 atom stereocenters. The van der Waals surface area contributed by atoms with Crippen molar-refractivity contribution >= 4 is 7.92 Å². The van der Waals surface area contributed by atoms with E-state index in [0.29, 0.717) is 7.92 Å². The Morgan fingerprint density at radius 3 is 1.00 bits per heavy atom. The monoisotopic (exact) mass is 131 g/mol. The molecule has 0 aromatic carbocycles. The van der Waals surface area contributed by atoms with Gasteiger partial charge in [0.2, 0.25) is 0 Å². The molecule has 0 amide bonds. The summed E-state index contributed by atoms with van der Waals surface area (Å²) in [7, 11) is 0.380. The van der Waals surface area contributed by atoms with Gasteiger partial charge in [0.25, 0.3) is 0 Å². The van der Waals surface area contributed by atoms with Crippen LogP contribution in [-0.4, -0.2) is 20.0 Å². The molecule has 1 radical (unpaired) electrons. The van der Waals surface area contributed by atoms with Gasteiger partial charge in [-0.25, -0.2) is 0 Å². The summed E-state index contributed by atoms with van der Waals surface area (Å²) in [6, 6.07) is 0. The minimum absolute atomic E-state index is 0. The van der Waals surface area contributed by atoms with Crippen molar-refractivity contribution < 1.29 is 17.1 Å². The molecule has 0 fully saturated rings. The summed E-state index contributed by atoms with van der Waals surface area (Å²) in [5, 5.41) is 0. The second kappa shape index (κ2) is 4.95. The van der Waals surface area contributed by atoms with Crippen LogP contribution in [0.5, 0.6) is 0 Å². The Morgan fingerprint density at radius 1 is 1.00 bits per heavy atom. The first kappa shape index (κ1) is 9.34. The van der Waals surface area contributed by atoms with Crippen LogP contribution in [0.3, 0.4) is 0 Å². The fourth-order valence-electron chi connectivity index (χ4n) is 0. The third-order valence-electron chi connectivity index (χ3n) is 0. The van der Waals surface area contributed by atoms with Crippen LogP contribution in [0.2, 0.25) is 0 Å². The molecule has 0 aliphatic carbocycles. The average molecular weight is 131 g/mol. The number of hydrogen-bond acceptors (Lipinski definition) is 0. The first-order valence-corrected chi connectivity index (χ1v) is 4.02. The molecule has 0 N–H and O–H groups in total. The third kappa shape index (κ3) is 47.8. The van der Waals surface area contributed by atoms with Gasteiger partial charge in [-0.05, 0) is 20.0 Å². The first-order chi connectivity index (χ1) is 1.73. The van der Waals surface area contributed by atoms with E-state index in [1.54, 1.807) is 0 Å². The van der Waals surface area contributed by atoms with Gasteiger partial charge in [0.1, 0.15) is 0 Å². The normalized spacial score (nSPS) is 7.20. The molecule has 5 heavy (non-hydrogen) atoms. The fourth-order valence-corrected chi connectivity index (χ4v) is 0. The van der Waals surface area contributed by atoms with E-state index in [2.05, 4.69) is 20.0 Å².